The van der Waals surface area contributed by atoms with Gasteiger partial charge < -0.3 is 5.32 Å². The molecule has 0 fully saturated rings. The number of aliphatic imine (C=N–C) groups is 1. The van der Waals surface area contributed by atoms with Gasteiger partial charge >= 0.3 is 0 Å². The molecule has 0 aliphatic carbocycles. The number of nitrogens with one attached hydrogen (secondary N) is 1. The van der Waals surface area contributed by atoms with Crippen molar-refractivity contribution < 1.29 is 0 Å². The Hall–Kier alpha value is -2.13. The van der Waals surface area contributed by atoms with Crippen LogP contribution < -0.4 is 5.32 Å². The first-order chi connectivity index (χ1) is 10.1. The van der Waals surface area contributed by atoms with E-state index in [0.717, 1.165) is 22.8 Å². The van der Waals surface area contributed by atoms with Crippen LogP contribution in [0.25, 0.3) is 0 Å². The summed E-state index contributed by atoms with van der Waals surface area (Å²) in [6.07, 6.45) is 1.98. The van der Waals surface area contributed by atoms with E-state index >= 15 is 0 Å². The van der Waals surface area contributed by atoms with Gasteiger partial charge in [0, 0.05) is 10.6 Å². The molecule has 2 nitrogen and oxygen atoms in total. The molecule has 1 N–H and O–H groups in total. The van der Waals surface area contributed by atoms with Gasteiger partial charge in [0.2, 0.25) is 0 Å². The zero-order chi connectivity index (χ0) is 15.2. The first kappa shape index (κ1) is 15.3. The van der Waals surface area contributed by atoms with E-state index in [1.165, 1.54) is 10.4 Å². The summed E-state index contributed by atoms with van der Waals surface area (Å²) in [5.74, 6) is 0. The summed E-state index contributed by atoms with van der Waals surface area (Å²) < 4.78 is 0. The Morgan fingerprint density at radius 3 is 2.62 bits per heavy atom. The number of para-hydroxylation sites is 1. The number of thiophene rings is 1. The summed E-state index contributed by atoms with van der Waals surface area (Å²) in [6, 6.07) is 12.3. The SMILES string of the molecule is C=C(Nc1ccccc1C)/C(=C/C)N=C(C)c1cccs1. The zero-order valence-electron chi connectivity index (χ0n) is 12.7. The van der Waals surface area contributed by atoms with Crippen LogP contribution >= 0.6 is 11.3 Å². The van der Waals surface area contributed by atoms with Gasteiger partial charge in [-0.1, -0.05) is 36.9 Å². The van der Waals surface area contributed by atoms with Crippen LogP contribution in [-0.2, 0) is 0 Å². The topological polar surface area (TPSA) is 24.4 Å². The Balaban J connectivity index is 2.17. The molecule has 0 amide bonds. The number of nitrogens with zero attached hydrogens (tertiary/aromatic N) is 1. The van der Waals surface area contributed by atoms with Crippen LogP contribution in [-0.4, -0.2) is 5.71 Å². The highest BCUT2D eigenvalue weighted by atomic mass is 32.1. The molecule has 1 aromatic carbocycles. The minimum Gasteiger partial charge on any atom is -0.354 e. The number of benzene rings is 1. The lowest BCUT2D eigenvalue weighted by Crippen LogP contribution is -2.03. The molecule has 0 aliphatic rings. The Morgan fingerprint density at radius 1 is 1.24 bits per heavy atom. The smallest absolute Gasteiger partial charge is 0.0819 e. The van der Waals surface area contributed by atoms with Crippen molar-refractivity contribution in [2.24, 2.45) is 4.99 Å². The molecule has 0 bridgehead atoms. The minimum absolute atomic E-state index is 0.808. The van der Waals surface area contributed by atoms with Crippen LogP contribution in [0.1, 0.15) is 24.3 Å². The summed E-state index contributed by atoms with van der Waals surface area (Å²) in [5.41, 5.74) is 4.93. The lowest BCUT2D eigenvalue weighted by Gasteiger charge is -2.12. The molecule has 0 atom stereocenters. The molecular formula is C18H20N2S. The van der Waals surface area contributed by atoms with E-state index < -0.39 is 0 Å². The van der Waals surface area contributed by atoms with Gasteiger partial charge in [-0.3, -0.25) is 4.99 Å². The first-order valence-electron chi connectivity index (χ1n) is 6.89. The van der Waals surface area contributed by atoms with Crippen LogP contribution in [0.4, 0.5) is 5.69 Å². The molecule has 2 rings (SSSR count). The van der Waals surface area contributed by atoms with Gasteiger partial charge in [0.1, 0.15) is 0 Å². The molecule has 0 spiro atoms. The maximum atomic E-state index is 4.69. The molecule has 0 saturated carbocycles. The quantitative estimate of drug-likeness (QED) is 0.580. The number of anilines is 1. The second kappa shape index (κ2) is 7.04. The van der Waals surface area contributed by atoms with Crippen molar-refractivity contribution in [3.63, 3.8) is 0 Å². The van der Waals surface area contributed by atoms with Crippen molar-refractivity contribution in [1.29, 1.82) is 0 Å². The van der Waals surface area contributed by atoms with E-state index in [1.54, 1.807) is 11.3 Å². The fraction of sp³-hybridized carbons (Fsp3) is 0.167. The molecule has 0 radical (unpaired) electrons. The van der Waals surface area contributed by atoms with E-state index in [1.807, 2.05) is 44.2 Å². The predicted octanol–water partition coefficient (Wildman–Crippen LogP) is 5.40. The largest absolute Gasteiger partial charge is 0.354 e. The highest BCUT2D eigenvalue weighted by Crippen LogP contribution is 2.20. The second-order valence-corrected chi connectivity index (χ2v) is 5.71. The maximum absolute atomic E-state index is 4.69. The Morgan fingerprint density at radius 2 is 2.00 bits per heavy atom. The Labute approximate surface area is 130 Å². The lowest BCUT2D eigenvalue weighted by molar-refractivity contribution is 1.26. The first-order valence-corrected chi connectivity index (χ1v) is 7.77. The molecule has 1 aromatic heterocycles. The normalized spacial score (nSPS) is 12.3. The number of aryl methyl sites for hydroxylation is 1. The van der Waals surface area contributed by atoms with Gasteiger partial charge in [-0.15, -0.1) is 11.3 Å². The standard InChI is InChI=1S/C18H20N2S/c1-5-16(20-15(4)18-11-8-12-21-18)14(3)19-17-10-7-6-9-13(17)2/h5-12,19H,3H2,1-2,4H3/b16-5-,20-15?. The van der Waals surface area contributed by atoms with Gasteiger partial charge in [-0.05, 0) is 43.8 Å². The minimum atomic E-state index is 0.808. The molecular weight excluding hydrogens is 276 g/mol. The summed E-state index contributed by atoms with van der Waals surface area (Å²) in [4.78, 5) is 5.87. The molecule has 0 aliphatic heterocycles. The average molecular weight is 296 g/mol. The van der Waals surface area contributed by atoms with Crippen LogP contribution in [0, 0.1) is 6.92 Å². The third-order valence-electron chi connectivity index (χ3n) is 3.18. The second-order valence-electron chi connectivity index (χ2n) is 4.77. The van der Waals surface area contributed by atoms with E-state index in [4.69, 9.17) is 0 Å². The van der Waals surface area contributed by atoms with Crippen molar-refractivity contribution in [2.45, 2.75) is 20.8 Å². The fourth-order valence-corrected chi connectivity index (χ4v) is 2.64. The predicted molar refractivity (Wildman–Crippen MR) is 94.2 cm³/mol. The molecule has 1 heterocycles. The zero-order valence-corrected chi connectivity index (χ0v) is 13.5. The van der Waals surface area contributed by atoms with Crippen molar-refractivity contribution in [1.82, 2.24) is 0 Å². The van der Waals surface area contributed by atoms with E-state index in [0.29, 0.717) is 0 Å². The van der Waals surface area contributed by atoms with Crippen molar-refractivity contribution in [3.8, 4) is 0 Å². The van der Waals surface area contributed by atoms with Gasteiger partial charge in [0.25, 0.3) is 0 Å². The number of rotatable bonds is 5. The molecule has 3 heteroatoms. The van der Waals surface area contributed by atoms with Crippen LogP contribution in [0.15, 0.2) is 70.8 Å². The van der Waals surface area contributed by atoms with Crippen LogP contribution in [0.3, 0.4) is 0 Å². The Kier molecular flexibility index (Phi) is 5.12. The van der Waals surface area contributed by atoms with Gasteiger partial charge in [-0.25, -0.2) is 0 Å². The maximum Gasteiger partial charge on any atom is 0.0819 e. The number of allylic oxidation sites excluding steroid dienone is 1. The van der Waals surface area contributed by atoms with Gasteiger partial charge in [0.05, 0.1) is 17.1 Å². The van der Waals surface area contributed by atoms with Crippen molar-refractivity contribution in [2.75, 3.05) is 5.32 Å². The monoisotopic (exact) mass is 296 g/mol. The lowest BCUT2D eigenvalue weighted by atomic mass is 10.2. The average Bonchev–Trinajstić information content (AvgIpc) is 3.01. The molecule has 2 aromatic rings. The summed E-state index contributed by atoms with van der Waals surface area (Å²) >= 11 is 1.69. The van der Waals surface area contributed by atoms with Gasteiger partial charge in [-0.2, -0.15) is 0 Å². The molecule has 0 saturated heterocycles. The molecule has 0 unspecified atom stereocenters. The number of hydrogen-bond donors (Lipinski definition) is 1. The molecule has 108 valence electrons. The van der Waals surface area contributed by atoms with Crippen molar-refractivity contribution in [3.05, 3.63) is 76.3 Å². The highest BCUT2D eigenvalue weighted by molar-refractivity contribution is 7.12. The van der Waals surface area contributed by atoms with E-state index in [2.05, 4.69) is 41.3 Å². The number of hydrogen-bond acceptors (Lipinski definition) is 3. The van der Waals surface area contributed by atoms with Gasteiger partial charge in [0.15, 0.2) is 0 Å². The highest BCUT2D eigenvalue weighted by Gasteiger charge is 2.05. The summed E-state index contributed by atoms with van der Waals surface area (Å²) in [6.45, 7) is 10.2. The van der Waals surface area contributed by atoms with E-state index in [-0.39, 0.29) is 0 Å². The van der Waals surface area contributed by atoms with Crippen LogP contribution in [0.2, 0.25) is 0 Å². The van der Waals surface area contributed by atoms with E-state index in [9.17, 15) is 0 Å². The molecule has 21 heavy (non-hydrogen) atoms. The van der Waals surface area contributed by atoms with Crippen molar-refractivity contribution >= 4 is 22.7 Å². The summed E-state index contributed by atoms with van der Waals surface area (Å²) in [7, 11) is 0. The van der Waals surface area contributed by atoms with Crippen LogP contribution in [0.5, 0.6) is 0 Å². The summed E-state index contributed by atoms with van der Waals surface area (Å²) in [5, 5.41) is 5.41. The third-order valence-corrected chi connectivity index (χ3v) is 4.16. The Bertz CT molecular complexity index is 679. The third kappa shape index (κ3) is 3.92. The fourth-order valence-electron chi connectivity index (χ4n) is 1.97.